The van der Waals surface area contributed by atoms with Gasteiger partial charge in [0.25, 0.3) is 0 Å². The lowest BCUT2D eigenvalue weighted by molar-refractivity contribution is 0.597. The van der Waals surface area contributed by atoms with E-state index in [1.165, 1.54) is 17.7 Å². The van der Waals surface area contributed by atoms with Crippen LogP contribution in [0.5, 0.6) is 0 Å². The van der Waals surface area contributed by atoms with Crippen LogP contribution in [0.1, 0.15) is 17.7 Å². The van der Waals surface area contributed by atoms with Crippen molar-refractivity contribution in [1.82, 2.24) is 5.32 Å². The van der Waals surface area contributed by atoms with Crippen molar-refractivity contribution < 1.29 is 0 Å². The van der Waals surface area contributed by atoms with Crippen LogP contribution in [0.2, 0.25) is 5.02 Å². The zero-order valence-electron chi connectivity index (χ0n) is 6.36. The van der Waals surface area contributed by atoms with E-state index in [0.29, 0.717) is 0 Å². The maximum atomic E-state index is 5.83. The van der Waals surface area contributed by atoms with Crippen molar-refractivity contribution in [3.8, 4) is 0 Å². The topological polar surface area (TPSA) is 12.0 Å². The van der Waals surface area contributed by atoms with Crippen LogP contribution in [-0.4, -0.2) is 7.05 Å². The minimum Gasteiger partial charge on any atom is -0.310 e. The van der Waals surface area contributed by atoms with Gasteiger partial charge in [0.2, 0.25) is 0 Å². The molecule has 0 saturated heterocycles. The zero-order valence-corrected chi connectivity index (χ0v) is 7.93. The molecule has 1 aromatic rings. The Morgan fingerprint density at radius 3 is 2.73 bits per heavy atom. The lowest BCUT2D eigenvalue weighted by Crippen LogP contribution is -2.22. The first kappa shape index (κ1) is 7.59. The summed E-state index contributed by atoms with van der Waals surface area (Å²) in [6, 6.07) is 2.07. The van der Waals surface area contributed by atoms with Gasteiger partial charge < -0.3 is 5.32 Å². The van der Waals surface area contributed by atoms with Gasteiger partial charge in [-0.2, -0.15) is 0 Å². The van der Waals surface area contributed by atoms with Gasteiger partial charge in [0.1, 0.15) is 0 Å². The Balaban J connectivity index is 2.29. The van der Waals surface area contributed by atoms with Crippen molar-refractivity contribution in [2.75, 3.05) is 7.05 Å². The third-order valence-corrected chi connectivity index (χ3v) is 3.75. The molecule has 1 aliphatic rings. The molecule has 1 saturated carbocycles. The average Bonchev–Trinajstić information content (AvgIpc) is 2.70. The van der Waals surface area contributed by atoms with Crippen LogP contribution in [0.25, 0.3) is 0 Å². The van der Waals surface area contributed by atoms with E-state index in [0.717, 1.165) is 5.02 Å². The highest BCUT2D eigenvalue weighted by atomic mass is 35.5. The standard InChI is InChI=1S/C8H10ClNS/c1-10-8(2-3-8)7-4-6(9)5-11-7/h4-5,10H,2-3H2,1H3. The molecule has 1 aromatic heterocycles. The van der Waals surface area contributed by atoms with Crippen LogP contribution in [0.3, 0.4) is 0 Å². The van der Waals surface area contributed by atoms with E-state index in [2.05, 4.69) is 11.4 Å². The molecular weight excluding hydrogens is 178 g/mol. The summed E-state index contributed by atoms with van der Waals surface area (Å²) in [5.74, 6) is 0. The Morgan fingerprint density at radius 2 is 2.36 bits per heavy atom. The monoisotopic (exact) mass is 187 g/mol. The minimum atomic E-state index is 0.289. The fourth-order valence-corrected chi connectivity index (χ4v) is 2.65. The molecule has 0 unspecified atom stereocenters. The number of thiophene rings is 1. The maximum Gasteiger partial charge on any atom is 0.0528 e. The fraction of sp³-hybridized carbons (Fsp3) is 0.500. The van der Waals surface area contributed by atoms with Gasteiger partial charge in [-0.15, -0.1) is 11.3 Å². The molecule has 11 heavy (non-hydrogen) atoms. The largest absolute Gasteiger partial charge is 0.310 e. The normalized spacial score (nSPS) is 20.2. The van der Waals surface area contributed by atoms with Crippen LogP contribution in [0.4, 0.5) is 0 Å². The van der Waals surface area contributed by atoms with Gasteiger partial charge in [-0.1, -0.05) is 11.6 Å². The molecule has 1 heterocycles. The minimum absolute atomic E-state index is 0.289. The molecule has 0 spiro atoms. The predicted octanol–water partition coefficient (Wildman–Crippen LogP) is 2.61. The Bertz CT molecular complexity index is 265. The number of hydrogen-bond donors (Lipinski definition) is 1. The Morgan fingerprint density at radius 1 is 1.64 bits per heavy atom. The summed E-state index contributed by atoms with van der Waals surface area (Å²) in [7, 11) is 2.01. The van der Waals surface area contributed by atoms with Gasteiger partial charge in [0, 0.05) is 10.3 Å². The predicted molar refractivity (Wildman–Crippen MR) is 49.3 cm³/mol. The van der Waals surface area contributed by atoms with Crippen molar-refractivity contribution in [2.24, 2.45) is 0 Å². The van der Waals surface area contributed by atoms with E-state index < -0.39 is 0 Å². The first-order valence-corrected chi connectivity index (χ1v) is 4.96. The molecule has 60 valence electrons. The van der Waals surface area contributed by atoms with Crippen LogP contribution in [0, 0.1) is 0 Å². The second kappa shape index (κ2) is 2.47. The van der Waals surface area contributed by atoms with Crippen molar-refractivity contribution in [3.63, 3.8) is 0 Å². The van der Waals surface area contributed by atoms with Crippen LogP contribution >= 0.6 is 22.9 Å². The van der Waals surface area contributed by atoms with E-state index in [4.69, 9.17) is 11.6 Å². The van der Waals surface area contributed by atoms with Gasteiger partial charge in [-0.25, -0.2) is 0 Å². The Hall–Kier alpha value is -0.0500. The third-order valence-electron chi connectivity index (χ3n) is 2.27. The molecule has 0 aromatic carbocycles. The van der Waals surface area contributed by atoms with Gasteiger partial charge in [0.15, 0.2) is 0 Å². The lowest BCUT2D eigenvalue weighted by Gasteiger charge is -2.10. The summed E-state index contributed by atoms with van der Waals surface area (Å²) < 4.78 is 0. The zero-order chi connectivity index (χ0) is 7.90. The van der Waals surface area contributed by atoms with E-state index in [1.54, 1.807) is 11.3 Å². The van der Waals surface area contributed by atoms with Crippen LogP contribution in [0.15, 0.2) is 11.4 Å². The van der Waals surface area contributed by atoms with Crippen molar-refractivity contribution in [1.29, 1.82) is 0 Å². The summed E-state index contributed by atoms with van der Waals surface area (Å²) in [6.45, 7) is 0. The van der Waals surface area contributed by atoms with Crippen LogP contribution < -0.4 is 5.32 Å². The molecule has 0 atom stereocenters. The summed E-state index contributed by atoms with van der Waals surface area (Å²) in [6.07, 6.45) is 2.50. The van der Waals surface area contributed by atoms with E-state index in [-0.39, 0.29) is 5.54 Å². The molecule has 0 radical (unpaired) electrons. The quantitative estimate of drug-likeness (QED) is 0.751. The smallest absolute Gasteiger partial charge is 0.0528 e. The number of halogens is 1. The molecule has 0 bridgehead atoms. The third kappa shape index (κ3) is 1.19. The van der Waals surface area contributed by atoms with Crippen molar-refractivity contribution in [2.45, 2.75) is 18.4 Å². The molecule has 2 rings (SSSR count). The van der Waals surface area contributed by atoms with Crippen molar-refractivity contribution >= 4 is 22.9 Å². The van der Waals surface area contributed by atoms with E-state index in [1.807, 2.05) is 12.4 Å². The van der Waals surface area contributed by atoms with Crippen LogP contribution in [-0.2, 0) is 5.54 Å². The molecule has 1 nitrogen and oxygen atoms in total. The number of rotatable bonds is 2. The summed E-state index contributed by atoms with van der Waals surface area (Å²) in [5, 5.41) is 6.20. The van der Waals surface area contributed by atoms with Gasteiger partial charge in [-0.3, -0.25) is 0 Å². The summed E-state index contributed by atoms with van der Waals surface area (Å²) in [4.78, 5) is 1.38. The molecule has 0 amide bonds. The molecule has 3 heteroatoms. The molecule has 1 N–H and O–H groups in total. The fourth-order valence-electron chi connectivity index (χ4n) is 1.31. The second-order valence-corrected chi connectivity index (χ2v) is 4.31. The first-order valence-electron chi connectivity index (χ1n) is 3.70. The summed E-state index contributed by atoms with van der Waals surface area (Å²) in [5.41, 5.74) is 0.289. The molecule has 0 aliphatic heterocycles. The number of hydrogen-bond acceptors (Lipinski definition) is 2. The molecule has 1 aliphatic carbocycles. The van der Waals surface area contributed by atoms with Gasteiger partial charge in [-0.05, 0) is 26.0 Å². The lowest BCUT2D eigenvalue weighted by atomic mass is 10.2. The highest BCUT2D eigenvalue weighted by molar-refractivity contribution is 7.10. The van der Waals surface area contributed by atoms with E-state index >= 15 is 0 Å². The first-order chi connectivity index (χ1) is 5.27. The SMILES string of the molecule is CNC1(c2cc(Cl)cs2)CC1. The maximum absolute atomic E-state index is 5.83. The highest BCUT2D eigenvalue weighted by Gasteiger charge is 2.43. The Labute approximate surface area is 75.4 Å². The summed E-state index contributed by atoms with van der Waals surface area (Å²) >= 11 is 7.58. The van der Waals surface area contributed by atoms with Gasteiger partial charge in [0.05, 0.1) is 10.6 Å². The average molecular weight is 188 g/mol. The highest BCUT2D eigenvalue weighted by Crippen LogP contribution is 2.47. The second-order valence-electron chi connectivity index (χ2n) is 2.96. The molecule has 1 fully saturated rings. The van der Waals surface area contributed by atoms with Crippen molar-refractivity contribution in [3.05, 3.63) is 21.3 Å². The number of nitrogens with one attached hydrogen (secondary N) is 1. The Kier molecular flexibility index (Phi) is 1.71. The van der Waals surface area contributed by atoms with E-state index in [9.17, 15) is 0 Å². The van der Waals surface area contributed by atoms with Gasteiger partial charge >= 0.3 is 0 Å². The molecular formula is C8H10ClNS.